The van der Waals surface area contributed by atoms with Gasteiger partial charge in [-0.2, -0.15) is 5.10 Å². The molecule has 6 heteroatoms. The van der Waals surface area contributed by atoms with E-state index in [2.05, 4.69) is 52.1 Å². The van der Waals surface area contributed by atoms with Crippen molar-refractivity contribution < 1.29 is 9.53 Å². The highest BCUT2D eigenvalue weighted by atomic mass is 16.5. The van der Waals surface area contributed by atoms with E-state index in [9.17, 15) is 4.79 Å². The van der Waals surface area contributed by atoms with Crippen LogP contribution in [0.5, 0.6) is 5.75 Å². The maximum atomic E-state index is 12.2. The fourth-order valence-corrected chi connectivity index (χ4v) is 3.62. The normalized spacial score (nSPS) is 11.2. The first-order valence-electron chi connectivity index (χ1n) is 10.1. The Balaban J connectivity index is 1.41. The first-order chi connectivity index (χ1) is 15.0. The number of hydrogen-bond acceptors (Lipinski definition) is 4. The monoisotopic (exact) mass is 412 g/mol. The van der Waals surface area contributed by atoms with Crippen molar-refractivity contribution in [2.45, 2.75) is 20.8 Å². The van der Waals surface area contributed by atoms with E-state index in [1.807, 2.05) is 43.3 Å². The summed E-state index contributed by atoms with van der Waals surface area (Å²) in [4.78, 5) is 16.5. The van der Waals surface area contributed by atoms with Crippen molar-refractivity contribution in [3.63, 3.8) is 0 Å². The molecule has 1 N–H and O–H groups in total. The third-order valence-electron chi connectivity index (χ3n) is 5.08. The molecule has 0 aliphatic heterocycles. The molecule has 6 nitrogen and oxygen atoms in total. The predicted octanol–water partition coefficient (Wildman–Crippen LogP) is 4.48. The molecule has 0 saturated heterocycles. The Morgan fingerprint density at radius 3 is 2.74 bits per heavy atom. The number of hydrogen-bond donors (Lipinski definition) is 1. The largest absolute Gasteiger partial charge is 0.481 e. The molecule has 2 aromatic heterocycles. The Labute approximate surface area is 181 Å². The highest BCUT2D eigenvalue weighted by Gasteiger charge is 2.10. The summed E-state index contributed by atoms with van der Waals surface area (Å²) in [6.07, 6.45) is 3.36. The molecule has 0 aliphatic carbocycles. The number of ether oxygens (including phenoxy) is 1. The standard InChI is InChI=1S/C25H24N4O2/c1-17-7-4-10-22(13-17)29-18(2)14-21(19(29)3)15-27-28-24(30)16-31-23-11-5-8-20-9-6-12-26-25(20)23/h4-15H,16H2,1-3H3,(H,28,30)/b27-15-. The predicted molar refractivity (Wildman–Crippen MR) is 123 cm³/mol. The van der Waals surface area contributed by atoms with E-state index in [0.717, 1.165) is 33.5 Å². The topological polar surface area (TPSA) is 68.5 Å². The lowest BCUT2D eigenvalue weighted by Gasteiger charge is -2.10. The minimum atomic E-state index is -0.336. The van der Waals surface area contributed by atoms with Gasteiger partial charge in [0.2, 0.25) is 0 Å². The Bertz CT molecular complexity index is 1270. The second-order valence-corrected chi connectivity index (χ2v) is 7.41. The van der Waals surface area contributed by atoms with Gasteiger partial charge >= 0.3 is 0 Å². The first-order valence-corrected chi connectivity index (χ1v) is 10.1. The van der Waals surface area contributed by atoms with Crippen molar-refractivity contribution in [3.05, 3.63) is 89.4 Å². The van der Waals surface area contributed by atoms with Gasteiger partial charge in [0, 0.05) is 34.2 Å². The van der Waals surface area contributed by atoms with Crippen molar-refractivity contribution >= 4 is 23.0 Å². The fraction of sp³-hybridized carbons (Fsp3) is 0.160. The van der Waals surface area contributed by atoms with Crippen LogP contribution in [0.15, 0.2) is 72.0 Å². The maximum Gasteiger partial charge on any atom is 0.277 e. The molecular weight excluding hydrogens is 388 g/mol. The molecular formula is C25H24N4O2. The van der Waals surface area contributed by atoms with Gasteiger partial charge in [-0.3, -0.25) is 9.78 Å². The van der Waals surface area contributed by atoms with Gasteiger partial charge < -0.3 is 9.30 Å². The van der Waals surface area contributed by atoms with E-state index in [0.29, 0.717) is 5.75 Å². The van der Waals surface area contributed by atoms with Gasteiger partial charge in [-0.25, -0.2) is 5.43 Å². The van der Waals surface area contributed by atoms with Crippen LogP contribution >= 0.6 is 0 Å². The Kier molecular flexibility index (Phi) is 5.80. The van der Waals surface area contributed by atoms with Gasteiger partial charge in [-0.05, 0) is 56.7 Å². The van der Waals surface area contributed by atoms with Crippen LogP contribution in [-0.2, 0) is 4.79 Å². The van der Waals surface area contributed by atoms with Gasteiger partial charge in [-0.1, -0.05) is 30.3 Å². The molecule has 0 unspecified atom stereocenters. The summed E-state index contributed by atoms with van der Waals surface area (Å²) in [5, 5.41) is 5.07. The van der Waals surface area contributed by atoms with E-state index >= 15 is 0 Å². The van der Waals surface area contributed by atoms with Gasteiger partial charge in [0.15, 0.2) is 6.61 Å². The number of carbonyl (C=O) groups excluding carboxylic acids is 1. The molecule has 0 radical (unpaired) electrons. The number of aryl methyl sites for hydroxylation is 2. The number of aromatic nitrogens is 2. The van der Waals surface area contributed by atoms with Crippen LogP contribution in [0, 0.1) is 20.8 Å². The summed E-state index contributed by atoms with van der Waals surface area (Å²) in [6.45, 7) is 6.02. The summed E-state index contributed by atoms with van der Waals surface area (Å²) >= 11 is 0. The molecule has 1 amide bonds. The van der Waals surface area contributed by atoms with Crippen LogP contribution in [0.3, 0.4) is 0 Å². The zero-order valence-electron chi connectivity index (χ0n) is 17.8. The van der Waals surface area contributed by atoms with Crippen LogP contribution in [-0.4, -0.2) is 28.3 Å². The first kappa shape index (κ1) is 20.3. The average Bonchev–Trinajstić information content (AvgIpc) is 3.05. The molecule has 2 heterocycles. The van der Waals surface area contributed by atoms with E-state index in [-0.39, 0.29) is 12.5 Å². The highest BCUT2D eigenvalue weighted by Crippen LogP contribution is 2.23. The third kappa shape index (κ3) is 4.48. The minimum Gasteiger partial charge on any atom is -0.481 e. The van der Waals surface area contributed by atoms with E-state index in [1.54, 1.807) is 18.5 Å². The van der Waals surface area contributed by atoms with Crippen molar-refractivity contribution in [1.82, 2.24) is 15.0 Å². The lowest BCUT2D eigenvalue weighted by atomic mass is 10.2. The molecule has 0 aliphatic rings. The number of carbonyl (C=O) groups is 1. The molecule has 0 atom stereocenters. The molecule has 31 heavy (non-hydrogen) atoms. The second-order valence-electron chi connectivity index (χ2n) is 7.41. The molecule has 0 spiro atoms. The number of pyridine rings is 1. The summed E-state index contributed by atoms with van der Waals surface area (Å²) in [7, 11) is 0. The van der Waals surface area contributed by atoms with Crippen molar-refractivity contribution in [2.75, 3.05) is 6.61 Å². The highest BCUT2D eigenvalue weighted by molar-refractivity contribution is 5.86. The molecule has 156 valence electrons. The van der Waals surface area contributed by atoms with Crippen LogP contribution < -0.4 is 10.2 Å². The number of hydrazone groups is 1. The Morgan fingerprint density at radius 2 is 1.90 bits per heavy atom. The van der Waals surface area contributed by atoms with Crippen LogP contribution in [0.1, 0.15) is 22.5 Å². The minimum absolute atomic E-state index is 0.144. The molecule has 4 rings (SSSR count). The van der Waals surface area contributed by atoms with Crippen molar-refractivity contribution in [2.24, 2.45) is 5.10 Å². The van der Waals surface area contributed by atoms with E-state index in [4.69, 9.17) is 4.74 Å². The van der Waals surface area contributed by atoms with E-state index in [1.165, 1.54) is 5.56 Å². The van der Waals surface area contributed by atoms with Crippen LogP contribution in [0.2, 0.25) is 0 Å². The zero-order valence-corrected chi connectivity index (χ0v) is 17.8. The Hall–Kier alpha value is -3.93. The lowest BCUT2D eigenvalue weighted by Crippen LogP contribution is -2.24. The maximum absolute atomic E-state index is 12.2. The smallest absolute Gasteiger partial charge is 0.277 e. The summed E-state index contributed by atoms with van der Waals surface area (Å²) in [6, 6.07) is 19.8. The van der Waals surface area contributed by atoms with Gasteiger partial charge in [-0.15, -0.1) is 0 Å². The van der Waals surface area contributed by atoms with Crippen LogP contribution in [0.25, 0.3) is 16.6 Å². The SMILES string of the molecule is Cc1cccc(-n2c(C)cc(/C=N\NC(=O)COc3cccc4cccnc34)c2C)c1. The second kappa shape index (κ2) is 8.83. The molecule has 0 fully saturated rings. The average molecular weight is 412 g/mol. The van der Waals surface area contributed by atoms with E-state index < -0.39 is 0 Å². The molecule has 0 saturated carbocycles. The fourth-order valence-electron chi connectivity index (χ4n) is 3.62. The number of nitrogens with zero attached hydrogens (tertiary/aromatic N) is 3. The number of fused-ring (bicyclic) bond motifs is 1. The van der Waals surface area contributed by atoms with Gasteiger partial charge in [0.1, 0.15) is 11.3 Å². The van der Waals surface area contributed by atoms with Crippen molar-refractivity contribution in [3.8, 4) is 11.4 Å². The van der Waals surface area contributed by atoms with Crippen molar-refractivity contribution in [1.29, 1.82) is 0 Å². The summed E-state index contributed by atoms with van der Waals surface area (Å²) < 4.78 is 7.82. The number of para-hydroxylation sites is 1. The molecule has 2 aromatic carbocycles. The van der Waals surface area contributed by atoms with Crippen LogP contribution in [0.4, 0.5) is 0 Å². The quantitative estimate of drug-likeness (QED) is 0.375. The zero-order chi connectivity index (χ0) is 21.8. The number of nitrogens with one attached hydrogen (secondary N) is 1. The number of benzene rings is 2. The number of rotatable bonds is 6. The summed E-state index contributed by atoms with van der Waals surface area (Å²) in [5.74, 6) is 0.232. The lowest BCUT2D eigenvalue weighted by molar-refractivity contribution is -0.123. The number of amides is 1. The Morgan fingerprint density at radius 1 is 1.10 bits per heavy atom. The van der Waals surface area contributed by atoms with Gasteiger partial charge in [0.05, 0.1) is 6.21 Å². The summed E-state index contributed by atoms with van der Waals surface area (Å²) in [5.41, 5.74) is 8.66. The molecule has 4 aromatic rings. The molecule has 0 bridgehead atoms. The van der Waals surface area contributed by atoms with Gasteiger partial charge in [0.25, 0.3) is 5.91 Å². The third-order valence-corrected chi connectivity index (χ3v) is 5.08.